The zero-order chi connectivity index (χ0) is 25.2. The summed E-state index contributed by atoms with van der Waals surface area (Å²) < 4.78 is 38.0. The molecule has 4 heterocycles. The number of urea groups is 1. The summed E-state index contributed by atoms with van der Waals surface area (Å²) >= 11 is 0. The average Bonchev–Trinajstić information content (AvgIpc) is 3.25. The second kappa shape index (κ2) is 10.1. The quantitative estimate of drug-likeness (QED) is 0.217. The number of anilines is 1. The van der Waals surface area contributed by atoms with E-state index in [0.717, 1.165) is 12.3 Å². The molecule has 6 atom stereocenters. The first-order valence-corrected chi connectivity index (χ1v) is 9.98. The number of rotatable bonds is 4. The van der Waals surface area contributed by atoms with Gasteiger partial charge in [-0.15, -0.1) is 0 Å². The van der Waals surface area contributed by atoms with Gasteiger partial charge in [-0.2, -0.15) is 13.8 Å². The second-order valence-corrected chi connectivity index (χ2v) is 7.57. The lowest BCUT2D eigenvalue weighted by Gasteiger charge is -2.29. The van der Waals surface area contributed by atoms with Gasteiger partial charge in [0.25, 0.3) is 0 Å². The molecule has 1 aromatic heterocycles. The zero-order valence-electron chi connectivity index (χ0n) is 17.6. The Morgan fingerprint density at radius 2 is 1.85 bits per heavy atom. The summed E-state index contributed by atoms with van der Waals surface area (Å²) in [6.07, 6.45) is -6.43. The van der Waals surface area contributed by atoms with Crippen LogP contribution in [0.4, 0.5) is 19.4 Å². The Morgan fingerprint density at radius 3 is 2.38 bits per heavy atom. The van der Waals surface area contributed by atoms with E-state index in [1.165, 1.54) is 4.90 Å². The van der Waals surface area contributed by atoms with Crippen LogP contribution in [0.2, 0.25) is 0 Å². The normalized spacial score (nSPS) is 32.6. The largest absolute Gasteiger partial charge is 0.394 e. The Bertz CT molecular complexity index is 979. The Balaban J connectivity index is 0.000000192. The number of hydrogen-bond acceptors (Lipinski definition) is 12. The number of aliphatic imine (C=N–C) groups is 1. The summed E-state index contributed by atoms with van der Waals surface area (Å²) in [6.45, 7) is -0.976. The molecule has 3 aliphatic heterocycles. The van der Waals surface area contributed by atoms with Crippen LogP contribution in [0.5, 0.6) is 0 Å². The molecule has 4 rings (SSSR count). The van der Waals surface area contributed by atoms with Gasteiger partial charge < -0.3 is 41.4 Å². The SMILES string of the molecule is NC1=NCN([C@H]2C[C@H](O)[C@@H](CO)O2)C(=O)N1.Nc1ccn([C@@H]2O[C@H](CO)[C@@H](O)C2(F)F)c(=O)n1. The first-order chi connectivity index (χ1) is 16.0. The Labute approximate surface area is 190 Å². The number of nitrogen functional groups attached to an aromatic ring is 1. The van der Waals surface area contributed by atoms with E-state index in [1.807, 2.05) is 0 Å². The van der Waals surface area contributed by atoms with Crippen molar-refractivity contribution in [2.24, 2.45) is 10.7 Å². The van der Waals surface area contributed by atoms with Crippen molar-refractivity contribution in [2.75, 3.05) is 25.6 Å². The fourth-order valence-electron chi connectivity index (χ4n) is 3.45. The standard InChI is InChI=1S/C9H11F2N3O4.C8H14N4O4/c10-9(11)6(16)4(3-15)18-7(9)14-2-1-5(12)13-8(14)17;9-7-10-3-12(8(15)11-7)6-1-4(14)5(2-13)16-6/h1-2,4,6-7,15-16H,3H2,(H2,12,13,17);4-6,13-14H,1-3H2,(H3,9,10,11,15)/t4-,6-,7-;4-,5+,6+/m10/s1. The molecule has 1 aromatic rings. The molecule has 0 radical (unpaired) electrons. The number of aliphatic hydroxyl groups is 4. The number of aromatic nitrogens is 2. The number of aliphatic hydroxyl groups excluding tert-OH is 4. The third-order valence-electron chi connectivity index (χ3n) is 5.28. The highest BCUT2D eigenvalue weighted by Gasteiger charge is 2.59. The second-order valence-electron chi connectivity index (χ2n) is 7.57. The number of hydrogen-bond donors (Lipinski definition) is 7. The van der Waals surface area contributed by atoms with Gasteiger partial charge in [-0.3, -0.25) is 14.8 Å². The van der Waals surface area contributed by atoms with Crippen LogP contribution in [-0.2, 0) is 9.47 Å². The summed E-state index contributed by atoms with van der Waals surface area (Å²) in [5.74, 6) is -3.76. The summed E-state index contributed by atoms with van der Waals surface area (Å²) in [4.78, 5) is 31.4. The summed E-state index contributed by atoms with van der Waals surface area (Å²) in [5.41, 5.74) is 9.54. The van der Waals surface area contributed by atoms with Gasteiger partial charge in [-0.05, 0) is 6.07 Å². The van der Waals surface area contributed by atoms with Crippen molar-refractivity contribution in [3.63, 3.8) is 0 Å². The Hall–Kier alpha value is -2.96. The molecule has 2 fully saturated rings. The lowest BCUT2D eigenvalue weighted by Crippen LogP contribution is -2.54. The van der Waals surface area contributed by atoms with Crippen LogP contribution in [0.1, 0.15) is 12.6 Å². The number of carbonyl (C=O) groups is 1. The minimum atomic E-state index is -3.71. The molecule has 3 aliphatic rings. The van der Waals surface area contributed by atoms with Gasteiger partial charge in [0.2, 0.25) is 6.23 Å². The number of amides is 2. The Morgan fingerprint density at radius 1 is 1.18 bits per heavy atom. The van der Waals surface area contributed by atoms with E-state index in [4.69, 9.17) is 31.2 Å². The van der Waals surface area contributed by atoms with Gasteiger partial charge in [-0.25, -0.2) is 14.6 Å². The molecule has 190 valence electrons. The molecule has 15 nitrogen and oxygen atoms in total. The minimum absolute atomic E-state index is 0.0681. The number of halogens is 2. The van der Waals surface area contributed by atoms with Gasteiger partial charge in [0, 0.05) is 12.6 Å². The average molecular weight is 493 g/mol. The number of carbonyl (C=O) groups excluding carboxylic acids is 1. The van der Waals surface area contributed by atoms with Crippen LogP contribution < -0.4 is 22.5 Å². The number of alkyl halides is 2. The van der Waals surface area contributed by atoms with Crippen LogP contribution in [0.15, 0.2) is 22.1 Å². The van der Waals surface area contributed by atoms with Crippen LogP contribution in [0.3, 0.4) is 0 Å². The van der Waals surface area contributed by atoms with E-state index >= 15 is 0 Å². The van der Waals surface area contributed by atoms with E-state index in [2.05, 4.69) is 15.3 Å². The molecule has 0 unspecified atom stereocenters. The highest BCUT2D eigenvalue weighted by molar-refractivity contribution is 5.96. The zero-order valence-corrected chi connectivity index (χ0v) is 17.6. The van der Waals surface area contributed by atoms with Crippen LogP contribution >= 0.6 is 0 Å². The molecule has 9 N–H and O–H groups in total. The molecule has 17 heteroatoms. The predicted molar refractivity (Wildman–Crippen MR) is 108 cm³/mol. The summed E-state index contributed by atoms with van der Waals surface area (Å²) in [7, 11) is 0. The number of guanidine groups is 1. The highest BCUT2D eigenvalue weighted by Crippen LogP contribution is 2.41. The molecule has 0 saturated carbocycles. The van der Waals surface area contributed by atoms with Crippen LogP contribution in [-0.4, -0.2) is 103 Å². The molecular formula is C17H25F2N7O8. The van der Waals surface area contributed by atoms with Gasteiger partial charge in [0.1, 0.15) is 30.9 Å². The highest BCUT2D eigenvalue weighted by atomic mass is 19.3. The number of ether oxygens (including phenoxy) is 2. The molecule has 0 aromatic carbocycles. The van der Waals surface area contributed by atoms with Crippen LogP contribution in [0, 0.1) is 0 Å². The number of nitrogens with one attached hydrogen (secondary N) is 1. The predicted octanol–water partition coefficient (Wildman–Crippen LogP) is -3.54. The van der Waals surface area contributed by atoms with E-state index in [-0.39, 0.29) is 31.5 Å². The third kappa shape index (κ3) is 5.08. The lowest BCUT2D eigenvalue weighted by atomic mass is 10.1. The molecule has 2 saturated heterocycles. The van der Waals surface area contributed by atoms with E-state index in [9.17, 15) is 28.6 Å². The van der Waals surface area contributed by atoms with Gasteiger partial charge >= 0.3 is 17.6 Å². The maximum Gasteiger partial charge on any atom is 0.351 e. The number of nitrogens with two attached hydrogens (primary N) is 2. The van der Waals surface area contributed by atoms with Crippen LogP contribution in [0.25, 0.3) is 0 Å². The molecule has 0 aliphatic carbocycles. The fourth-order valence-corrected chi connectivity index (χ4v) is 3.45. The van der Waals surface area contributed by atoms with Gasteiger partial charge in [0.15, 0.2) is 12.1 Å². The van der Waals surface area contributed by atoms with Gasteiger partial charge in [0.05, 0.1) is 19.3 Å². The maximum atomic E-state index is 13.7. The maximum absolute atomic E-state index is 13.7. The summed E-state index contributed by atoms with van der Waals surface area (Å²) in [6, 6.07) is 0.739. The van der Waals surface area contributed by atoms with Crippen molar-refractivity contribution in [2.45, 2.75) is 49.2 Å². The van der Waals surface area contributed by atoms with Crippen molar-refractivity contribution >= 4 is 17.8 Å². The molecule has 2 amide bonds. The van der Waals surface area contributed by atoms with Crippen molar-refractivity contribution in [3.8, 4) is 0 Å². The van der Waals surface area contributed by atoms with Crippen molar-refractivity contribution in [1.29, 1.82) is 0 Å². The van der Waals surface area contributed by atoms with Crippen molar-refractivity contribution in [1.82, 2.24) is 19.8 Å². The van der Waals surface area contributed by atoms with Crippen molar-refractivity contribution in [3.05, 3.63) is 22.7 Å². The summed E-state index contributed by atoms with van der Waals surface area (Å²) in [5, 5.41) is 38.9. The fraction of sp³-hybridized carbons (Fsp3) is 0.647. The van der Waals surface area contributed by atoms with E-state index < -0.39 is 61.1 Å². The monoisotopic (exact) mass is 493 g/mol. The van der Waals surface area contributed by atoms with Crippen molar-refractivity contribution < 1.29 is 43.5 Å². The first-order valence-electron chi connectivity index (χ1n) is 9.98. The molecule has 34 heavy (non-hydrogen) atoms. The lowest BCUT2D eigenvalue weighted by molar-refractivity contribution is -0.140. The topological polar surface area (TPSA) is 231 Å². The molecular weight excluding hydrogens is 468 g/mol. The van der Waals surface area contributed by atoms with E-state index in [1.54, 1.807) is 0 Å². The van der Waals surface area contributed by atoms with E-state index in [0.29, 0.717) is 4.57 Å². The first kappa shape index (κ1) is 25.7. The minimum Gasteiger partial charge on any atom is -0.394 e. The smallest absolute Gasteiger partial charge is 0.351 e. The molecule has 0 spiro atoms. The third-order valence-corrected chi connectivity index (χ3v) is 5.28. The number of nitrogens with zero attached hydrogens (tertiary/aromatic N) is 4. The Kier molecular flexibility index (Phi) is 7.64. The van der Waals surface area contributed by atoms with Gasteiger partial charge in [-0.1, -0.05) is 0 Å². The molecule has 0 bridgehead atoms.